The third kappa shape index (κ3) is 3.24. The monoisotopic (exact) mass is 249 g/mol. The number of rotatable bonds is 3. The second-order valence-corrected chi connectivity index (χ2v) is 5.24. The van der Waals surface area contributed by atoms with E-state index < -0.39 is 0 Å². The zero-order valence-corrected chi connectivity index (χ0v) is 11.7. The van der Waals surface area contributed by atoms with Gasteiger partial charge in [0.15, 0.2) is 0 Å². The van der Waals surface area contributed by atoms with E-state index in [4.69, 9.17) is 9.47 Å². The molecular weight excluding hydrogens is 226 g/mol. The first kappa shape index (κ1) is 13.4. The van der Waals surface area contributed by atoms with Crippen LogP contribution in [0.25, 0.3) is 0 Å². The lowest BCUT2D eigenvalue weighted by Crippen LogP contribution is -2.45. The molecular formula is C15H23NO2. The van der Waals surface area contributed by atoms with Crippen molar-refractivity contribution >= 4 is 0 Å². The third-order valence-corrected chi connectivity index (χ3v) is 3.44. The number of ether oxygens (including phenoxy) is 2. The highest BCUT2D eigenvalue weighted by atomic mass is 16.5. The lowest BCUT2D eigenvalue weighted by molar-refractivity contribution is -0.0471. The predicted octanol–water partition coefficient (Wildman–Crippen LogP) is 2.37. The molecule has 0 spiro atoms. The summed E-state index contributed by atoms with van der Waals surface area (Å²) in [4.78, 5) is 0. The van der Waals surface area contributed by atoms with Crippen molar-refractivity contribution in [3.05, 3.63) is 28.8 Å². The number of hydrogen-bond acceptors (Lipinski definition) is 3. The maximum Gasteiger partial charge on any atom is 0.122 e. The van der Waals surface area contributed by atoms with Crippen LogP contribution in [0.15, 0.2) is 12.1 Å². The van der Waals surface area contributed by atoms with Gasteiger partial charge in [-0.2, -0.15) is 0 Å². The zero-order valence-electron chi connectivity index (χ0n) is 11.7. The Morgan fingerprint density at radius 2 is 1.89 bits per heavy atom. The van der Waals surface area contributed by atoms with E-state index in [2.05, 4.69) is 45.1 Å². The van der Waals surface area contributed by atoms with Crippen LogP contribution in [-0.2, 0) is 4.74 Å². The molecule has 100 valence electrons. The minimum absolute atomic E-state index is 0.148. The summed E-state index contributed by atoms with van der Waals surface area (Å²) in [5.41, 5.74) is 3.77. The molecule has 1 aliphatic heterocycles. The number of benzene rings is 1. The van der Waals surface area contributed by atoms with Crippen molar-refractivity contribution in [3.8, 4) is 5.75 Å². The van der Waals surface area contributed by atoms with Crippen molar-refractivity contribution in [2.24, 2.45) is 0 Å². The molecule has 2 atom stereocenters. The van der Waals surface area contributed by atoms with Gasteiger partial charge >= 0.3 is 0 Å². The molecule has 0 radical (unpaired) electrons. The Morgan fingerprint density at radius 3 is 2.61 bits per heavy atom. The lowest BCUT2D eigenvalue weighted by Gasteiger charge is -2.28. The highest BCUT2D eigenvalue weighted by Crippen LogP contribution is 2.22. The van der Waals surface area contributed by atoms with Gasteiger partial charge in [-0.15, -0.1) is 0 Å². The van der Waals surface area contributed by atoms with Gasteiger partial charge in [-0.3, -0.25) is 0 Å². The number of hydrogen-bond donors (Lipinski definition) is 1. The van der Waals surface area contributed by atoms with E-state index in [1.165, 1.54) is 16.7 Å². The predicted molar refractivity (Wildman–Crippen MR) is 73.4 cm³/mol. The van der Waals surface area contributed by atoms with E-state index in [9.17, 15) is 0 Å². The number of morpholine rings is 1. The molecule has 0 saturated carbocycles. The summed E-state index contributed by atoms with van der Waals surface area (Å²) in [6.07, 6.45) is 0.419. The molecule has 3 heteroatoms. The molecule has 0 aliphatic carbocycles. The minimum Gasteiger partial charge on any atom is -0.491 e. The Bertz CT molecular complexity index is 417. The van der Waals surface area contributed by atoms with Gasteiger partial charge in [0.1, 0.15) is 18.5 Å². The van der Waals surface area contributed by atoms with Gasteiger partial charge in [-0.1, -0.05) is 6.07 Å². The molecule has 1 aromatic carbocycles. The second-order valence-electron chi connectivity index (χ2n) is 5.24. The SMILES string of the molecule is Cc1cc(C)c(OCC2CNCC(C)O2)cc1C. The van der Waals surface area contributed by atoms with E-state index in [1.807, 2.05) is 0 Å². The molecule has 1 aromatic rings. The van der Waals surface area contributed by atoms with Gasteiger partial charge in [0.25, 0.3) is 0 Å². The van der Waals surface area contributed by atoms with Crippen molar-refractivity contribution < 1.29 is 9.47 Å². The highest BCUT2D eigenvalue weighted by molar-refractivity contribution is 5.40. The number of aryl methyl sites for hydroxylation is 3. The second kappa shape index (κ2) is 5.72. The third-order valence-electron chi connectivity index (χ3n) is 3.44. The van der Waals surface area contributed by atoms with Gasteiger partial charge in [-0.05, 0) is 50.5 Å². The lowest BCUT2D eigenvalue weighted by atomic mass is 10.1. The maximum absolute atomic E-state index is 5.90. The zero-order chi connectivity index (χ0) is 13.1. The van der Waals surface area contributed by atoms with Crippen LogP contribution in [0.3, 0.4) is 0 Å². The molecule has 1 saturated heterocycles. The van der Waals surface area contributed by atoms with Gasteiger partial charge in [0, 0.05) is 13.1 Å². The minimum atomic E-state index is 0.148. The Hall–Kier alpha value is -1.06. The normalized spacial score (nSPS) is 24.0. The largest absolute Gasteiger partial charge is 0.491 e. The van der Waals surface area contributed by atoms with E-state index in [1.54, 1.807) is 0 Å². The summed E-state index contributed by atoms with van der Waals surface area (Å²) in [5.74, 6) is 0.972. The molecule has 1 N–H and O–H groups in total. The fourth-order valence-corrected chi connectivity index (χ4v) is 2.24. The maximum atomic E-state index is 5.90. The summed E-state index contributed by atoms with van der Waals surface area (Å²) in [6.45, 7) is 10.8. The van der Waals surface area contributed by atoms with Crippen LogP contribution >= 0.6 is 0 Å². The first-order chi connectivity index (χ1) is 8.56. The highest BCUT2D eigenvalue weighted by Gasteiger charge is 2.19. The van der Waals surface area contributed by atoms with Crippen LogP contribution in [-0.4, -0.2) is 31.9 Å². The van der Waals surface area contributed by atoms with Crippen molar-refractivity contribution in [2.45, 2.75) is 39.9 Å². The van der Waals surface area contributed by atoms with Crippen LogP contribution in [0.2, 0.25) is 0 Å². The molecule has 1 fully saturated rings. The van der Waals surface area contributed by atoms with Crippen LogP contribution in [0.4, 0.5) is 0 Å². The summed E-state index contributed by atoms with van der Waals surface area (Å²) >= 11 is 0. The smallest absolute Gasteiger partial charge is 0.122 e. The van der Waals surface area contributed by atoms with Crippen LogP contribution in [0.1, 0.15) is 23.6 Å². The average molecular weight is 249 g/mol. The topological polar surface area (TPSA) is 30.5 Å². The van der Waals surface area contributed by atoms with Crippen LogP contribution < -0.4 is 10.1 Å². The average Bonchev–Trinajstić information content (AvgIpc) is 2.32. The Morgan fingerprint density at radius 1 is 1.17 bits per heavy atom. The van der Waals surface area contributed by atoms with Crippen molar-refractivity contribution in [3.63, 3.8) is 0 Å². The molecule has 2 rings (SSSR count). The fourth-order valence-electron chi connectivity index (χ4n) is 2.24. The number of nitrogens with one attached hydrogen (secondary N) is 1. The summed E-state index contributed by atoms with van der Waals surface area (Å²) < 4.78 is 11.7. The van der Waals surface area contributed by atoms with Gasteiger partial charge < -0.3 is 14.8 Å². The van der Waals surface area contributed by atoms with E-state index in [-0.39, 0.29) is 12.2 Å². The van der Waals surface area contributed by atoms with E-state index in [0.29, 0.717) is 6.61 Å². The van der Waals surface area contributed by atoms with Gasteiger partial charge in [0.2, 0.25) is 0 Å². The molecule has 0 bridgehead atoms. The molecule has 0 aromatic heterocycles. The summed E-state index contributed by atoms with van der Waals surface area (Å²) in [6, 6.07) is 4.29. The Balaban J connectivity index is 1.95. The molecule has 1 aliphatic rings. The standard InChI is InChI=1S/C15H23NO2/c1-10-5-12(3)15(6-11(10)2)17-9-14-8-16-7-13(4)18-14/h5-6,13-14,16H,7-9H2,1-4H3. The molecule has 2 unspecified atom stereocenters. The van der Waals surface area contributed by atoms with E-state index in [0.717, 1.165) is 18.8 Å². The van der Waals surface area contributed by atoms with Crippen molar-refractivity contribution in [1.29, 1.82) is 0 Å². The molecule has 1 heterocycles. The Kier molecular flexibility index (Phi) is 4.25. The Labute approximate surface area is 109 Å². The van der Waals surface area contributed by atoms with Crippen molar-refractivity contribution in [1.82, 2.24) is 5.32 Å². The van der Waals surface area contributed by atoms with Crippen LogP contribution in [0, 0.1) is 20.8 Å². The first-order valence-corrected chi connectivity index (χ1v) is 6.63. The first-order valence-electron chi connectivity index (χ1n) is 6.63. The fraction of sp³-hybridized carbons (Fsp3) is 0.600. The van der Waals surface area contributed by atoms with Gasteiger partial charge in [0.05, 0.1) is 6.10 Å². The van der Waals surface area contributed by atoms with E-state index >= 15 is 0 Å². The van der Waals surface area contributed by atoms with Crippen LogP contribution in [0.5, 0.6) is 5.75 Å². The quantitative estimate of drug-likeness (QED) is 0.892. The summed E-state index contributed by atoms with van der Waals surface area (Å²) in [5, 5.41) is 3.35. The van der Waals surface area contributed by atoms with Gasteiger partial charge in [-0.25, -0.2) is 0 Å². The summed E-state index contributed by atoms with van der Waals surface area (Å²) in [7, 11) is 0. The molecule has 18 heavy (non-hydrogen) atoms. The van der Waals surface area contributed by atoms with Crippen molar-refractivity contribution in [2.75, 3.05) is 19.7 Å². The molecule has 3 nitrogen and oxygen atoms in total. The molecule has 0 amide bonds.